The van der Waals surface area contributed by atoms with Crippen LogP contribution < -0.4 is 0 Å². The number of piperidine rings is 1. The summed E-state index contributed by atoms with van der Waals surface area (Å²) in [4.78, 5) is 3.94. The largest absolute Gasteiger partial charge is 0.322 e. The molecule has 0 amide bonds. The van der Waals surface area contributed by atoms with Crippen LogP contribution in [0.4, 0.5) is 0 Å². The predicted molar refractivity (Wildman–Crippen MR) is 66.1 cm³/mol. The van der Waals surface area contributed by atoms with Gasteiger partial charge < -0.3 is 4.57 Å². The van der Waals surface area contributed by atoms with Crippen LogP contribution in [0.5, 0.6) is 0 Å². The van der Waals surface area contributed by atoms with E-state index in [-0.39, 0.29) is 5.92 Å². The van der Waals surface area contributed by atoms with Crippen LogP contribution in [0.3, 0.4) is 0 Å². The second-order valence-electron chi connectivity index (χ2n) is 4.64. The first-order chi connectivity index (χ1) is 8.50. The molecule has 1 fully saturated rings. The second kappa shape index (κ2) is 5.08. The molecule has 2 rings (SSSR count). The van der Waals surface area contributed by atoms with E-state index in [1.807, 2.05) is 6.07 Å². The molecule has 1 aliphatic heterocycles. The van der Waals surface area contributed by atoms with Gasteiger partial charge in [0.2, 0.25) is 15.8 Å². The highest BCUT2D eigenvalue weighted by atomic mass is 32.2. The minimum atomic E-state index is -3.11. The molecule has 1 aromatic rings. The standard InChI is InChI=1S/C11H16N4O2S/c1-18(16,17)15-5-2-3-10(9-15)8-14-6-4-13-11(14)7-12/h4,6,10H,2-3,5,8-9H2,1H3. The van der Waals surface area contributed by atoms with Crippen molar-refractivity contribution in [2.75, 3.05) is 19.3 Å². The van der Waals surface area contributed by atoms with E-state index >= 15 is 0 Å². The maximum atomic E-state index is 11.5. The highest BCUT2D eigenvalue weighted by molar-refractivity contribution is 7.88. The molecular weight excluding hydrogens is 252 g/mol. The third kappa shape index (κ3) is 2.89. The first-order valence-electron chi connectivity index (χ1n) is 5.87. The van der Waals surface area contributed by atoms with Gasteiger partial charge in [-0.3, -0.25) is 0 Å². The van der Waals surface area contributed by atoms with Gasteiger partial charge in [0.1, 0.15) is 6.07 Å². The lowest BCUT2D eigenvalue weighted by atomic mass is 9.99. The molecule has 18 heavy (non-hydrogen) atoms. The molecule has 0 aromatic carbocycles. The molecule has 7 heteroatoms. The maximum absolute atomic E-state index is 11.5. The lowest BCUT2D eigenvalue weighted by molar-refractivity contribution is 0.246. The molecule has 1 aromatic heterocycles. The van der Waals surface area contributed by atoms with Gasteiger partial charge in [-0.1, -0.05) is 0 Å². The Kier molecular flexibility index (Phi) is 3.68. The van der Waals surface area contributed by atoms with Crippen LogP contribution in [0.25, 0.3) is 0 Å². The molecule has 1 unspecified atom stereocenters. The smallest absolute Gasteiger partial charge is 0.212 e. The highest BCUT2D eigenvalue weighted by Crippen LogP contribution is 2.20. The van der Waals surface area contributed by atoms with Gasteiger partial charge in [0.25, 0.3) is 0 Å². The highest BCUT2D eigenvalue weighted by Gasteiger charge is 2.26. The van der Waals surface area contributed by atoms with Crippen LogP contribution in [0, 0.1) is 17.2 Å². The minimum absolute atomic E-state index is 0.245. The molecule has 0 radical (unpaired) electrons. The predicted octanol–water partition coefficient (Wildman–Crippen LogP) is 0.426. The Labute approximate surface area is 107 Å². The van der Waals surface area contributed by atoms with Crippen molar-refractivity contribution in [2.24, 2.45) is 5.92 Å². The summed E-state index contributed by atoms with van der Waals surface area (Å²) in [5.74, 6) is 0.626. The topological polar surface area (TPSA) is 79.0 Å². The molecule has 0 spiro atoms. The summed E-state index contributed by atoms with van der Waals surface area (Å²) in [5.41, 5.74) is 0. The Morgan fingerprint density at radius 3 is 3.06 bits per heavy atom. The van der Waals surface area contributed by atoms with Gasteiger partial charge >= 0.3 is 0 Å². The first kappa shape index (κ1) is 13.1. The van der Waals surface area contributed by atoms with Crippen LogP contribution >= 0.6 is 0 Å². The van der Waals surface area contributed by atoms with Crippen molar-refractivity contribution < 1.29 is 8.42 Å². The summed E-state index contributed by atoms with van der Waals surface area (Å²) < 4.78 is 26.3. The summed E-state index contributed by atoms with van der Waals surface area (Å²) in [6.45, 7) is 1.78. The molecule has 0 saturated carbocycles. The SMILES string of the molecule is CS(=O)(=O)N1CCCC(Cn2ccnc2C#N)C1. The average Bonchev–Trinajstić information content (AvgIpc) is 2.75. The number of hydrogen-bond donors (Lipinski definition) is 0. The lowest BCUT2D eigenvalue weighted by Crippen LogP contribution is -2.40. The Morgan fingerprint density at radius 1 is 1.61 bits per heavy atom. The monoisotopic (exact) mass is 268 g/mol. The van der Waals surface area contributed by atoms with Crippen LogP contribution in [-0.2, 0) is 16.6 Å². The lowest BCUT2D eigenvalue weighted by Gasteiger charge is -2.31. The van der Waals surface area contributed by atoms with Crippen molar-refractivity contribution in [2.45, 2.75) is 19.4 Å². The number of nitriles is 1. The Morgan fingerprint density at radius 2 is 2.39 bits per heavy atom. The normalized spacial score (nSPS) is 21.7. The van der Waals surface area contributed by atoms with Crippen molar-refractivity contribution in [1.82, 2.24) is 13.9 Å². The van der Waals surface area contributed by atoms with Crippen molar-refractivity contribution in [1.29, 1.82) is 5.26 Å². The third-order valence-corrected chi connectivity index (χ3v) is 4.49. The van der Waals surface area contributed by atoms with Crippen molar-refractivity contribution in [3.63, 3.8) is 0 Å². The first-order valence-corrected chi connectivity index (χ1v) is 7.72. The third-order valence-electron chi connectivity index (χ3n) is 3.22. The molecule has 2 heterocycles. The molecule has 0 aliphatic carbocycles. The van der Waals surface area contributed by atoms with E-state index in [2.05, 4.69) is 4.98 Å². The number of nitrogens with zero attached hydrogens (tertiary/aromatic N) is 4. The van der Waals surface area contributed by atoms with E-state index in [1.165, 1.54) is 10.6 Å². The molecule has 1 atom stereocenters. The summed E-state index contributed by atoms with van der Waals surface area (Å²) in [6.07, 6.45) is 6.45. The number of sulfonamides is 1. The summed E-state index contributed by atoms with van der Waals surface area (Å²) in [7, 11) is -3.11. The van der Waals surface area contributed by atoms with E-state index in [0.717, 1.165) is 12.8 Å². The quantitative estimate of drug-likeness (QED) is 0.796. The zero-order chi connectivity index (χ0) is 13.2. The summed E-state index contributed by atoms with van der Waals surface area (Å²) >= 11 is 0. The molecule has 0 N–H and O–H groups in total. The number of hydrogen-bond acceptors (Lipinski definition) is 4. The second-order valence-corrected chi connectivity index (χ2v) is 6.63. The van der Waals surface area contributed by atoms with E-state index in [9.17, 15) is 8.42 Å². The molecule has 98 valence electrons. The maximum Gasteiger partial charge on any atom is 0.212 e. The van der Waals surface area contributed by atoms with Crippen LogP contribution in [0.1, 0.15) is 18.7 Å². The van der Waals surface area contributed by atoms with E-state index in [1.54, 1.807) is 17.0 Å². The zero-order valence-electron chi connectivity index (χ0n) is 10.3. The van der Waals surface area contributed by atoms with Gasteiger partial charge in [0.15, 0.2) is 0 Å². The van der Waals surface area contributed by atoms with Crippen molar-refractivity contribution in [3.05, 3.63) is 18.2 Å². The van der Waals surface area contributed by atoms with E-state index in [4.69, 9.17) is 5.26 Å². The van der Waals surface area contributed by atoms with Crippen LogP contribution in [0.15, 0.2) is 12.4 Å². The summed E-state index contributed by atoms with van der Waals surface area (Å²) in [6, 6.07) is 2.03. The molecular formula is C11H16N4O2S. The fourth-order valence-corrected chi connectivity index (χ4v) is 3.27. The Hall–Kier alpha value is -1.39. The van der Waals surface area contributed by atoms with Gasteiger partial charge in [-0.05, 0) is 18.8 Å². The van der Waals surface area contributed by atoms with Gasteiger partial charge in [-0.15, -0.1) is 0 Å². The van der Waals surface area contributed by atoms with Gasteiger partial charge in [-0.25, -0.2) is 17.7 Å². The molecule has 1 saturated heterocycles. The Bertz CT molecular complexity index is 558. The fourth-order valence-electron chi connectivity index (χ4n) is 2.32. The van der Waals surface area contributed by atoms with Crippen molar-refractivity contribution >= 4 is 10.0 Å². The van der Waals surface area contributed by atoms with E-state index < -0.39 is 10.0 Å². The molecule has 1 aliphatic rings. The fraction of sp³-hybridized carbons (Fsp3) is 0.636. The minimum Gasteiger partial charge on any atom is -0.322 e. The van der Waals surface area contributed by atoms with Crippen molar-refractivity contribution in [3.8, 4) is 6.07 Å². The van der Waals surface area contributed by atoms with Gasteiger partial charge in [0, 0.05) is 32.0 Å². The van der Waals surface area contributed by atoms with Gasteiger partial charge in [0.05, 0.1) is 6.26 Å². The number of rotatable bonds is 3. The van der Waals surface area contributed by atoms with Gasteiger partial charge in [-0.2, -0.15) is 5.26 Å². The van der Waals surface area contributed by atoms with Crippen LogP contribution in [0.2, 0.25) is 0 Å². The number of aromatic nitrogens is 2. The molecule has 0 bridgehead atoms. The zero-order valence-corrected chi connectivity index (χ0v) is 11.1. The van der Waals surface area contributed by atoms with E-state index in [0.29, 0.717) is 25.5 Å². The van der Waals surface area contributed by atoms with Crippen LogP contribution in [-0.4, -0.2) is 41.6 Å². The Balaban J connectivity index is 2.05. The average molecular weight is 268 g/mol. The number of imidazole rings is 1. The summed E-state index contributed by atoms with van der Waals surface area (Å²) in [5, 5.41) is 8.88. The molecule has 6 nitrogen and oxygen atoms in total.